The van der Waals surface area contributed by atoms with E-state index >= 15 is 0 Å². The number of pyridine rings is 2. The first kappa shape index (κ1) is 20.1. The second kappa shape index (κ2) is 9.50. The van der Waals surface area contributed by atoms with Gasteiger partial charge in [0.1, 0.15) is 5.75 Å². The zero-order chi connectivity index (χ0) is 20.6. The third kappa shape index (κ3) is 5.42. The number of ether oxygens (including phenoxy) is 1. The number of hydrogen-bond donors (Lipinski definition) is 1. The highest BCUT2D eigenvalue weighted by atomic mass is 16.5. The molecular weight excluding hydrogens is 364 g/mol. The third-order valence-electron chi connectivity index (χ3n) is 4.27. The molecule has 0 bridgehead atoms. The minimum atomic E-state index is -0.250. The minimum absolute atomic E-state index is 0.250. The normalized spacial score (nSPS) is 10.3. The van der Waals surface area contributed by atoms with Gasteiger partial charge in [0.2, 0.25) is 5.88 Å². The van der Waals surface area contributed by atoms with E-state index in [0.29, 0.717) is 24.7 Å². The molecule has 0 saturated carbocycles. The van der Waals surface area contributed by atoms with Gasteiger partial charge in [0.25, 0.3) is 0 Å². The number of hydrogen-bond acceptors (Lipinski definition) is 4. The lowest BCUT2D eigenvalue weighted by molar-refractivity contribution is 0.247. The molecule has 0 spiro atoms. The predicted molar refractivity (Wildman–Crippen MR) is 114 cm³/mol. The van der Waals surface area contributed by atoms with Gasteiger partial charge in [0.05, 0.1) is 24.1 Å². The Morgan fingerprint density at radius 3 is 2.69 bits per heavy atom. The maximum Gasteiger partial charge on any atom is 0.322 e. The molecule has 6 nitrogen and oxygen atoms in total. The Morgan fingerprint density at radius 2 is 2.03 bits per heavy atom. The Labute approximate surface area is 170 Å². The third-order valence-corrected chi connectivity index (χ3v) is 4.27. The minimum Gasteiger partial charge on any atom is -0.439 e. The summed E-state index contributed by atoms with van der Waals surface area (Å²) in [4.78, 5) is 22.9. The molecule has 3 rings (SSSR count). The maximum absolute atomic E-state index is 12.6. The number of carbonyl (C=O) groups excluding carboxylic acids is 1. The van der Waals surface area contributed by atoms with E-state index in [1.54, 1.807) is 29.4 Å². The molecule has 0 aliphatic heterocycles. The van der Waals surface area contributed by atoms with Crippen molar-refractivity contribution in [3.63, 3.8) is 0 Å². The number of aryl methyl sites for hydroxylation is 2. The van der Waals surface area contributed by atoms with Crippen molar-refractivity contribution in [1.82, 2.24) is 15.3 Å². The van der Waals surface area contributed by atoms with Crippen LogP contribution in [0.5, 0.6) is 11.6 Å². The summed E-state index contributed by atoms with van der Waals surface area (Å²) >= 11 is 0. The highest BCUT2D eigenvalue weighted by Gasteiger charge is 2.17. The number of nitrogens with one attached hydrogen (secondary N) is 1. The van der Waals surface area contributed by atoms with Crippen LogP contribution in [0.4, 0.5) is 10.5 Å². The summed E-state index contributed by atoms with van der Waals surface area (Å²) < 4.78 is 5.89. The van der Waals surface area contributed by atoms with Gasteiger partial charge in [-0.1, -0.05) is 29.8 Å². The second-order valence-corrected chi connectivity index (χ2v) is 6.61. The lowest BCUT2D eigenvalue weighted by Gasteiger charge is -2.22. The molecule has 2 aromatic heterocycles. The lowest BCUT2D eigenvalue weighted by Crippen LogP contribution is -2.40. The second-order valence-electron chi connectivity index (χ2n) is 6.61. The quantitative estimate of drug-likeness (QED) is 0.591. The van der Waals surface area contributed by atoms with Crippen molar-refractivity contribution in [3.8, 4) is 11.6 Å². The van der Waals surface area contributed by atoms with Crippen molar-refractivity contribution in [2.45, 2.75) is 20.4 Å². The molecule has 2 heterocycles. The number of urea groups is 1. The molecule has 29 heavy (non-hydrogen) atoms. The molecule has 6 heteroatoms. The average Bonchev–Trinajstić information content (AvgIpc) is 2.74. The summed E-state index contributed by atoms with van der Waals surface area (Å²) in [7, 11) is 0. The Hall–Kier alpha value is -3.67. The summed E-state index contributed by atoms with van der Waals surface area (Å²) in [6.07, 6.45) is 4.96. The van der Waals surface area contributed by atoms with Crippen LogP contribution in [0.25, 0.3) is 0 Å². The number of anilines is 1. The Kier molecular flexibility index (Phi) is 6.58. The molecule has 0 aliphatic rings. The van der Waals surface area contributed by atoms with Crippen LogP contribution in [0.15, 0.2) is 73.6 Å². The molecule has 148 valence electrons. The predicted octanol–water partition coefficient (Wildman–Crippen LogP) is 4.79. The van der Waals surface area contributed by atoms with E-state index in [4.69, 9.17) is 4.74 Å². The summed E-state index contributed by atoms with van der Waals surface area (Å²) in [5, 5.41) is 2.80. The summed E-state index contributed by atoms with van der Waals surface area (Å²) in [5.41, 5.74) is 3.63. The molecule has 1 N–H and O–H groups in total. The van der Waals surface area contributed by atoms with E-state index in [1.807, 2.05) is 50.2 Å². The fourth-order valence-electron chi connectivity index (χ4n) is 2.81. The molecule has 0 unspecified atom stereocenters. The number of nitrogens with zero attached hydrogens (tertiary/aromatic N) is 3. The highest BCUT2D eigenvalue weighted by molar-refractivity contribution is 5.91. The van der Waals surface area contributed by atoms with Crippen molar-refractivity contribution in [2.75, 3.05) is 11.4 Å². The van der Waals surface area contributed by atoms with Crippen LogP contribution >= 0.6 is 0 Å². The van der Waals surface area contributed by atoms with E-state index in [1.165, 1.54) is 5.56 Å². The van der Waals surface area contributed by atoms with E-state index < -0.39 is 0 Å². The number of rotatable bonds is 7. The van der Waals surface area contributed by atoms with Crippen molar-refractivity contribution in [3.05, 3.63) is 90.4 Å². The molecule has 3 aromatic rings. The molecule has 1 aromatic carbocycles. The monoisotopic (exact) mass is 388 g/mol. The van der Waals surface area contributed by atoms with Crippen molar-refractivity contribution in [1.29, 1.82) is 0 Å². The van der Waals surface area contributed by atoms with Crippen LogP contribution < -0.4 is 15.0 Å². The van der Waals surface area contributed by atoms with Gasteiger partial charge in [-0.25, -0.2) is 9.78 Å². The number of aromatic nitrogens is 2. The van der Waals surface area contributed by atoms with Gasteiger partial charge >= 0.3 is 6.03 Å². The molecule has 2 amide bonds. The zero-order valence-corrected chi connectivity index (χ0v) is 16.6. The molecule has 0 saturated heterocycles. The molecule has 0 atom stereocenters. The topological polar surface area (TPSA) is 67.4 Å². The smallest absolute Gasteiger partial charge is 0.322 e. The van der Waals surface area contributed by atoms with E-state index in [2.05, 4.69) is 27.9 Å². The average molecular weight is 388 g/mol. The van der Waals surface area contributed by atoms with Gasteiger partial charge in [-0.15, -0.1) is 6.58 Å². The lowest BCUT2D eigenvalue weighted by atomic mass is 10.1. The van der Waals surface area contributed by atoms with Crippen LogP contribution in [-0.2, 0) is 6.54 Å². The van der Waals surface area contributed by atoms with Gasteiger partial charge in [-0.05, 0) is 43.7 Å². The van der Waals surface area contributed by atoms with Gasteiger partial charge in [0, 0.05) is 18.8 Å². The summed E-state index contributed by atoms with van der Waals surface area (Å²) in [6.45, 7) is 8.37. The van der Waals surface area contributed by atoms with Gasteiger partial charge in [0.15, 0.2) is 0 Å². The van der Waals surface area contributed by atoms with Crippen molar-refractivity contribution >= 4 is 11.7 Å². The van der Waals surface area contributed by atoms with E-state index in [9.17, 15) is 4.79 Å². The van der Waals surface area contributed by atoms with Gasteiger partial charge < -0.3 is 10.1 Å². The first-order chi connectivity index (χ1) is 14.1. The van der Waals surface area contributed by atoms with Crippen molar-refractivity contribution in [2.24, 2.45) is 0 Å². The van der Waals surface area contributed by atoms with Crippen molar-refractivity contribution < 1.29 is 9.53 Å². The SMILES string of the molecule is C=CCNC(=O)N(Cc1ccccn1)c1ccc(Oc2ccc(C)cc2C)nc1. The molecule has 0 radical (unpaired) electrons. The molecule has 0 aliphatic carbocycles. The van der Waals surface area contributed by atoms with Crippen LogP contribution in [0, 0.1) is 13.8 Å². The Bertz CT molecular complexity index is 972. The number of amides is 2. The summed E-state index contributed by atoms with van der Waals surface area (Å²) in [6, 6.07) is 14.9. The first-order valence-corrected chi connectivity index (χ1v) is 9.34. The fraction of sp³-hybridized carbons (Fsp3) is 0.174. The van der Waals surface area contributed by atoms with Crippen LogP contribution in [-0.4, -0.2) is 22.5 Å². The maximum atomic E-state index is 12.6. The highest BCUT2D eigenvalue weighted by Crippen LogP contribution is 2.26. The first-order valence-electron chi connectivity index (χ1n) is 9.34. The Balaban J connectivity index is 1.80. The standard InChI is InChI=1S/C23H24N4O2/c1-4-12-25-23(28)27(16-19-7-5-6-13-24-19)20-9-11-22(26-15-20)29-21-10-8-17(2)14-18(21)3/h4-11,13-15H,1,12,16H2,2-3H3,(H,25,28). The van der Waals surface area contributed by atoms with Gasteiger partial charge in [-0.2, -0.15) is 0 Å². The summed E-state index contributed by atoms with van der Waals surface area (Å²) in [5.74, 6) is 1.22. The molecular formula is C23H24N4O2. The van der Waals surface area contributed by atoms with Crippen LogP contribution in [0.2, 0.25) is 0 Å². The van der Waals surface area contributed by atoms with Crippen LogP contribution in [0.1, 0.15) is 16.8 Å². The van der Waals surface area contributed by atoms with E-state index in [-0.39, 0.29) is 6.03 Å². The number of carbonyl (C=O) groups is 1. The van der Waals surface area contributed by atoms with Crippen LogP contribution in [0.3, 0.4) is 0 Å². The molecule has 0 fully saturated rings. The zero-order valence-electron chi connectivity index (χ0n) is 16.6. The fourth-order valence-corrected chi connectivity index (χ4v) is 2.81. The Morgan fingerprint density at radius 1 is 1.17 bits per heavy atom. The largest absolute Gasteiger partial charge is 0.439 e. The van der Waals surface area contributed by atoms with E-state index in [0.717, 1.165) is 17.0 Å². The van der Waals surface area contributed by atoms with Gasteiger partial charge in [-0.3, -0.25) is 9.88 Å². The number of benzene rings is 1.